The summed E-state index contributed by atoms with van der Waals surface area (Å²) in [7, 11) is 0. The van der Waals surface area contributed by atoms with Gasteiger partial charge in [-0.2, -0.15) is 0 Å². The van der Waals surface area contributed by atoms with E-state index < -0.39 is 0 Å². The highest BCUT2D eigenvalue weighted by Gasteiger charge is 2.36. The summed E-state index contributed by atoms with van der Waals surface area (Å²) in [5, 5.41) is 10.2. The lowest BCUT2D eigenvalue weighted by Gasteiger charge is -2.40. The fourth-order valence-electron chi connectivity index (χ4n) is 2.95. The summed E-state index contributed by atoms with van der Waals surface area (Å²) >= 11 is 0. The van der Waals surface area contributed by atoms with E-state index in [2.05, 4.69) is 30.3 Å². The lowest BCUT2D eigenvalue weighted by molar-refractivity contribution is 0.0245. The molecule has 3 unspecified atom stereocenters. The van der Waals surface area contributed by atoms with Gasteiger partial charge in [-0.1, -0.05) is 20.8 Å². The van der Waals surface area contributed by atoms with E-state index in [1.807, 2.05) is 19.3 Å². The lowest BCUT2D eigenvalue weighted by atomic mass is 9.70. The third-order valence-electron chi connectivity index (χ3n) is 4.23. The molecule has 1 aromatic heterocycles. The zero-order chi connectivity index (χ0) is 12.6. The van der Waals surface area contributed by atoms with Gasteiger partial charge in [-0.3, -0.25) is 0 Å². The molecule has 0 bridgehead atoms. The van der Waals surface area contributed by atoms with Crippen molar-refractivity contribution < 1.29 is 5.11 Å². The second-order valence-corrected chi connectivity index (χ2v) is 6.39. The molecule has 96 valence electrons. The predicted molar refractivity (Wildman–Crippen MR) is 68.8 cm³/mol. The molecular formula is C14H24N2O. The van der Waals surface area contributed by atoms with Gasteiger partial charge >= 0.3 is 0 Å². The van der Waals surface area contributed by atoms with Gasteiger partial charge in [-0.05, 0) is 37.5 Å². The summed E-state index contributed by atoms with van der Waals surface area (Å²) in [6, 6.07) is 0.204. The Bertz CT molecular complexity index is 378. The first kappa shape index (κ1) is 12.6. The van der Waals surface area contributed by atoms with Crippen LogP contribution in [0.4, 0.5) is 0 Å². The monoisotopic (exact) mass is 236 g/mol. The Kier molecular flexibility index (Phi) is 3.30. The number of nitrogens with zero attached hydrogens (tertiary/aromatic N) is 2. The van der Waals surface area contributed by atoms with E-state index in [1.54, 1.807) is 0 Å². The lowest BCUT2D eigenvalue weighted by Crippen LogP contribution is -2.36. The van der Waals surface area contributed by atoms with E-state index in [4.69, 9.17) is 0 Å². The molecule has 1 aliphatic rings. The fraction of sp³-hybridized carbons (Fsp3) is 0.786. The van der Waals surface area contributed by atoms with E-state index >= 15 is 0 Å². The van der Waals surface area contributed by atoms with Gasteiger partial charge in [0.05, 0.1) is 12.1 Å². The highest BCUT2D eigenvalue weighted by molar-refractivity contribution is 4.97. The zero-order valence-corrected chi connectivity index (χ0v) is 11.3. The van der Waals surface area contributed by atoms with Crippen molar-refractivity contribution in [3.63, 3.8) is 0 Å². The van der Waals surface area contributed by atoms with Crippen LogP contribution in [-0.2, 0) is 0 Å². The van der Waals surface area contributed by atoms with E-state index in [1.165, 1.54) is 0 Å². The first-order valence-corrected chi connectivity index (χ1v) is 6.57. The van der Waals surface area contributed by atoms with Crippen LogP contribution in [0.2, 0.25) is 0 Å². The van der Waals surface area contributed by atoms with Crippen LogP contribution in [-0.4, -0.2) is 20.8 Å². The van der Waals surface area contributed by atoms with Gasteiger partial charge in [0, 0.05) is 12.4 Å². The van der Waals surface area contributed by atoms with Crippen molar-refractivity contribution in [2.75, 3.05) is 0 Å². The van der Waals surface area contributed by atoms with Crippen molar-refractivity contribution in [2.24, 2.45) is 11.3 Å². The maximum Gasteiger partial charge on any atom is 0.105 e. The van der Waals surface area contributed by atoms with Gasteiger partial charge in [0.1, 0.15) is 5.82 Å². The molecule has 1 heterocycles. The van der Waals surface area contributed by atoms with Crippen LogP contribution < -0.4 is 0 Å². The number of rotatable bonds is 1. The van der Waals surface area contributed by atoms with Crippen molar-refractivity contribution in [3.05, 3.63) is 18.2 Å². The maximum atomic E-state index is 10.2. The third kappa shape index (κ3) is 2.54. The normalized spacial score (nSPS) is 30.5. The van der Waals surface area contributed by atoms with Crippen molar-refractivity contribution in [2.45, 2.75) is 59.1 Å². The van der Waals surface area contributed by atoms with E-state index in [0.717, 1.165) is 25.1 Å². The molecular weight excluding hydrogens is 212 g/mol. The van der Waals surface area contributed by atoms with Crippen LogP contribution in [0, 0.1) is 18.3 Å². The average molecular weight is 236 g/mol. The van der Waals surface area contributed by atoms with E-state index in [0.29, 0.717) is 11.3 Å². The Morgan fingerprint density at radius 1 is 1.35 bits per heavy atom. The molecule has 0 aromatic carbocycles. The Labute approximate surface area is 104 Å². The molecule has 0 amide bonds. The van der Waals surface area contributed by atoms with Gasteiger partial charge in [0.15, 0.2) is 0 Å². The van der Waals surface area contributed by atoms with Crippen molar-refractivity contribution in [3.8, 4) is 0 Å². The van der Waals surface area contributed by atoms with E-state index in [9.17, 15) is 5.11 Å². The molecule has 0 spiro atoms. The number of imidazole rings is 1. The van der Waals surface area contributed by atoms with Gasteiger partial charge < -0.3 is 9.67 Å². The van der Waals surface area contributed by atoms with Gasteiger partial charge in [0.25, 0.3) is 0 Å². The number of hydrogen-bond acceptors (Lipinski definition) is 2. The molecule has 0 saturated heterocycles. The summed E-state index contributed by atoms with van der Waals surface area (Å²) in [6.07, 6.45) is 6.69. The summed E-state index contributed by atoms with van der Waals surface area (Å²) in [4.78, 5) is 4.27. The first-order valence-electron chi connectivity index (χ1n) is 6.57. The van der Waals surface area contributed by atoms with E-state index in [-0.39, 0.29) is 12.1 Å². The van der Waals surface area contributed by atoms with Crippen molar-refractivity contribution >= 4 is 0 Å². The van der Waals surface area contributed by atoms with Crippen LogP contribution in [0.15, 0.2) is 12.4 Å². The van der Waals surface area contributed by atoms with Crippen LogP contribution in [0.1, 0.15) is 51.9 Å². The SMILES string of the molecule is Cc1nccn1C1CC(C(C)(C)C)CCC1O. The molecule has 17 heavy (non-hydrogen) atoms. The standard InChI is InChI=1S/C14H24N2O/c1-10-15-7-8-16(10)12-9-11(14(2,3)4)5-6-13(12)17/h7-8,11-13,17H,5-6,9H2,1-4H3. The second-order valence-electron chi connectivity index (χ2n) is 6.39. The number of aliphatic hydroxyl groups is 1. The topological polar surface area (TPSA) is 38.0 Å². The van der Waals surface area contributed by atoms with Crippen molar-refractivity contribution in [1.82, 2.24) is 9.55 Å². The molecule has 1 saturated carbocycles. The maximum absolute atomic E-state index is 10.2. The summed E-state index contributed by atoms with van der Waals surface area (Å²) in [5.74, 6) is 1.68. The summed E-state index contributed by atoms with van der Waals surface area (Å²) in [5.41, 5.74) is 0.326. The Morgan fingerprint density at radius 2 is 2.06 bits per heavy atom. The number of aryl methyl sites for hydroxylation is 1. The van der Waals surface area contributed by atoms with Gasteiger partial charge in [-0.15, -0.1) is 0 Å². The molecule has 3 heteroatoms. The minimum atomic E-state index is -0.221. The Hall–Kier alpha value is -0.830. The predicted octanol–water partition coefficient (Wildman–Crippen LogP) is 2.94. The zero-order valence-electron chi connectivity index (χ0n) is 11.3. The Balaban J connectivity index is 2.19. The van der Waals surface area contributed by atoms with Crippen LogP contribution in [0.25, 0.3) is 0 Å². The largest absolute Gasteiger partial charge is 0.391 e. The van der Waals surface area contributed by atoms with Gasteiger partial charge in [-0.25, -0.2) is 4.98 Å². The molecule has 0 radical (unpaired) electrons. The molecule has 1 N–H and O–H groups in total. The van der Waals surface area contributed by atoms with Crippen LogP contribution in [0.5, 0.6) is 0 Å². The molecule has 3 atom stereocenters. The summed E-state index contributed by atoms with van der Waals surface area (Å²) < 4.78 is 2.14. The molecule has 0 aliphatic heterocycles. The molecule has 1 fully saturated rings. The third-order valence-corrected chi connectivity index (χ3v) is 4.23. The highest BCUT2D eigenvalue weighted by Crippen LogP contribution is 2.42. The average Bonchev–Trinajstić information content (AvgIpc) is 2.63. The smallest absolute Gasteiger partial charge is 0.105 e. The molecule has 1 aromatic rings. The quantitative estimate of drug-likeness (QED) is 0.814. The Morgan fingerprint density at radius 3 is 2.59 bits per heavy atom. The minimum absolute atomic E-state index is 0.204. The fourth-order valence-corrected chi connectivity index (χ4v) is 2.95. The second kappa shape index (κ2) is 4.45. The number of hydrogen-bond donors (Lipinski definition) is 1. The molecule has 1 aliphatic carbocycles. The summed E-state index contributed by atoms with van der Waals surface area (Å²) in [6.45, 7) is 8.90. The highest BCUT2D eigenvalue weighted by atomic mass is 16.3. The molecule has 3 nitrogen and oxygen atoms in total. The molecule has 2 rings (SSSR count). The minimum Gasteiger partial charge on any atom is -0.391 e. The van der Waals surface area contributed by atoms with Gasteiger partial charge in [0.2, 0.25) is 0 Å². The van der Waals surface area contributed by atoms with Crippen LogP contribution in [0.3, 0.4) is 0 Å². The number of aromatic nitrogens is 2. The number of aliphatic hydroxyl groups excluding tert-OH is 1. The first-order chi connectivity index (χ1) is 7.89. The van der Waals surface area contributed by atoms with Crippen LogP contribution >= 0.6 is 0 Å². The van der Waals surface area contributed by atoms with Crippen molar-refractivity contribution in [1.29, 1.82) is 0 Å².